The highest BCUT2D eigenvalue weighted by molar-refractivity contribution is 7.14. The van der Waals surface area contributed by atoms with Gasteiger partial charge < -0.3 is 28.0 Å². The van der Waals surface area contributed by atoms with Crippen LogP contribution in [-0.4, -0.2) is 62.5 Å². The summed E-state index contributed by atoms with van der Waals surface area (Å²) in [6.07, 6.45) is 29.1. The molecular weight excluding hydrogens is 809 g/mol. The Kier molecular flexibility index (Phi) is 15.0. The second kappa shape index (κ2) is 20.9. The SMILES string of the molecule is C1CCC2CCCCC2C1.COC(=O)c1csc(-c2ncco2)c1.O=C(O)c1csc(-c2ncco2)c1.O=C(c1csc(-c2ncco2)c1)N1CCCC2CCCCC21. The average molecular weight is 859 g/mol. The van der Waals surface area contributed by atoms with Crippen LogP contribution in [0.5, 0.6) is 0 Å². The van der Waals surface area contributed by atoms with Gasteiger partial charge in [-0.2, -0.15) is 0 Å². The van der Waals surface area contributed by atoms with Crippen molar-refractivity contribution in [3.8, 4) is 32.3 Å². The third-order valence-corrected chi connectivity index (χ3v) is 14.4. The lowest BCUT2D eigenvalue weighted by molar-refractivity contribution is 0.0391. The van der Waals surface area contributed by atoms with Crippen LogP contribution >= 0.6 is 34.0 Å². The van der Waals surface area contributed by atoms with Crippen molar-refractivity contribution in [2.75, 3.05) is 13.7 Å². The Labute approximate surface area is 355 Å². The fourth-order valence-electron chi connectivity index (χ4n) is 8.73. The van der Waals surface area contributed by atoms with Gasteiger partial charge in [0.05, 0.1) is 57.0 Å². The zero-order valence-corrected chi connectivity index (χ0v) is 35.6. The zero-order valence-electron chi connectivity index (χ0n) is 33.2. The topological polar surface area (TPSA) is 162 Å². The molecule has 0 spiro atoms. The van der Waals surface area contributed by atoms with Gasteiger partial charge in [0.15, 0.2) is 0 Å². The van der Waals surface area contributed by atoms with Gasteiger partial charge >= 0.3 is 11.9 Å². The van der Waals surface area contributed by atoms with Crippen molar-refractivity contribution in [2.45, 2.75) is 95.9 Å². The predicted octanol–water partition coefficient (Wildman–Crippen LogP) is 11.9. The minimum absolute atomic E-state index is 0.186. The summed E-state index contributed by atoms with van der Waals surface area (Å²) >= 11 is 4.22. The van der Waals surface area contributed by atoms with E-state index in [0.29, 0.717) is 29.3 Å². The largest absolute Gasteiger partial charge is 0.478 e. The van der Waals surface area contributed by atoms with Crippen molar-refractivity contribution in [1.82, 2.24) is 19.9 Å². The predicted molar refractivity (Wildman–Crippen MR) is 228 cm³/mol. The quantitative estimate of drug-likeness (QED) is 0.159. The number of piperidine rings is 1. The molecule has 2 atom stereocenters. The Bertz CT molecular complexity index is 2160. The molecule has 59 heavy (non-hydrogen) atoms. The van der Waals surface area contributed by atoms with E-state index in [1.807, 2.05) is 11.4 Å². The number of rotatable bonds is 6. The van der Waals surface area contributed by atoms with E-state index in [9.17, 15) is 14.4 Å². The summed E-state index contributed by atoms with van der Waals surface area (Å²) in [4.78, 5) is 51.2. The Hall–Kier alpha value is -4.86. The van der Waals surface area contributed by atoms with Gasteiger partial charge in [0.25, 0.3) is 5.91 Å². The molecule has 6 aromatic rings. The molecule has 1 saturated heterocycles. The average Bonchev–Trinajstić information content (AvgIpc) is 4.14. The number of hydrogen-bond acceptors (Lipinski definition) is 13. The number of carbonyl (C=O) groups excluding carboxylic acids is 2. The molecule has 2 unspecified atom stereocenters. The Morgan fingerprint density at radius 2 is 1.03 bits per heavy atom. The fraction of sp³-hybridized carbons (Fsp3) is 0.455. The first kappa shape index (κ1) is 42.3. The van der Waals surface area contributed by atoms with Gasteiger partial charge in [-0.25, -0.2) is 24.5 Å². The fourth-order valence-corrected chi connectivity index (χ4v) is 11.2. The maximum atomic E-state index is 12.9. The standard InChI is InChI=1S/C17H20N2O2S.C10H18.C9H7NO3S.C8H5NO3S/c20-17(13-10-15(22-11-13)16-18-7-9-21-16)19-8-3-5-12-4-1-2-6-14(12)19;1-2-6-10-8-4-3-7-9(10)5-1;1-12-9(11)6-4-7(14-5-6)8-10-2-3-13-8;10-8(11)5-3-6(13-4-5)7-9-1-2-12-7/h7,9-12,14H,1-6,8H2;9-10H,1-8H2;2-5H,1H3;1-4H,(H,10,11). The molecule has 6 aromatic heterocycles. The first-order chi connectivity index (χ1) is 28.9. The van der Waals surface area contributed by atoms with Crippen molar-refractivity contribution >= 4 is 51.9 Å². The number of carbonyl (C=O) groups is 3. The molecule has 312 valence electrons. The first-order valence-corrected chi connectivity index (χ1v) is 23.1. The minimum Gasteiger partial charge on any atom is -0.478 e. The van der Waals surface area contributed by atoms with Crippen LogP contribution in [0.3, 0.4) is 0 Å². The van der Waals surface area contributed by atoms with Gasteiger partial charge in [-0.3, -0.25) is 4.79 Å². The molecule has 1 N–H and O–H groups in total. The van der Waals surface area contributed by atoms with Crippen molar-refractivity contribution in [3.63, 3.8) is 0 Å². The van der Waals surface area contributed by atoms with Gasteiger partial charge in [-0.1, -0.05) is 64.2 Å². The van der Waals surface area contributed by atoms with Crippen molar-refractivity contribution in [1.29, 1.82) is 0 Å². The second-order valence-corrected chi connectivity index (χ2v) is 18.0. The summed E-state index contributed by atoms with van der Waals surface area (Å²) in [7, 11) is 1.35. The van der Waals surface area contributed by atoms with Crippen molar-refractivity contribution < 1.29 is 37.5 Å². The zero-order chi connectivity index (χ0) is 41.0. The number of nitrogens with zero attached hydrogens (tertiary/aromatic N) is 4. The number of carboxylic acid groups (broad SMARTS) is 1. The number of thiophene rings is 3. The van der Waals surface area contributed by atoms with E-state index in [0.717, 1.165) is 50.9 Å². The Balaban J connectivity index is 0.000000125. The number of aromatic nitrogens is 3. The van der Waals surface area contributed by atoms with Gasteiger partial charge in [0.2, 0.25) is 17.7 Å². The number of oxazole rings is 3. The van der Waals surface area contributed by atoms with Gasteiger partial charge in [0.1, 0.15) is 18.8 Å². The summed E-state index contributed by atoms with van der Waals surface area (Å²) in [5.74, 6) is 3.50. The molecule has 7 heterocycles. The lowest BCUT2D eigenvalue weighted by Crippen LogP contribution is -2.49. The third kappa shape index (κ3) is 11.1. The maximum Gasteiger partial charge on any atom is 0.338 e. The first-order valence-electron chi connectivity index (χ1n) is 20.5. The lowest BCUT2D eigenvalue weighted by Gasteiger charge is -2.44. The van der Waals surface area contributed by atoms with Crippen LogP contribution in [0.4, 0.5) is 0 Å². The second-order valence-electron chi connectivity index (χ2n) is 15.2. The summed E-state index contributed by atoms with van der Waals surface area (Å²) in [5, 5.41) is 13.9. The van der Waals surface area contributed by atoms with Gasteiger partial charge in [0, 0.05) is 28.7 Å². The highest BCUT2D eigenvalue weighted by Crippen LogP contribution is 2.40. The molecule has 0 aromatic carbocycles. The van der Waals surface area contributed by atoms with Gasteiger partial charge in [-0.15, -0.1) is 34.0 Å². The van der Waals surface area contributed by atoms with Crippen LogP contribution in [0.1, 0.15) is 121 Å². The monoisotopic (exact) mass is 858 g/mol. The molecule has 10 rings (SSSR count). The highest BCUT2D eigenvalue weighted by atomic mass is 32.1. The van der Waals surface area contributed by atoms with Crippen LogP contribution < -0.4 is 0 Å². The number of hydrogen-bond donors (Lipinski definition) is 1. The smallest absolute Gasteiger partial charge is 0.338 e. The highest BCUT2D eigenvalue weighted by Gasteiger charge is 2.36. The number of ether oxygens (including phenoxy) is 1. The lowest BCUT2D eigenvalue weighted by atomic mass is 9.71. The Morgan fingerprint density at radius 3 is 1.49 bits per heavy atom. The van der Waals surface area contributed by atoms with E-state index in [1.54, 1.807) is 67.2 Å². The summed E-state index contributed by atoms with van der Waals surface area (Å²) < 4.78 is 20.0. The van der Waals surface area contributed by atoms with E-state index >= 15 is 0 Å². The van der Waals surface area contributed by atoms with Crippen molar-refractivity contribution in [3.05, 3.63) is 88.4 Å². The molecule has 4 fully saturated rings. The molecule has 3 saturated carbocycles. The van der Waals surface area contributed by atoms with Crippen LogP contribution in [-0.2, 0) is 4.74 Å². The molecule has 0 radical (unpaired) electrons. The molecule has 4 aliphatic rings. The van der Waals surface area contributed by atoms with Crippen molar-refractivity contribution in [2.24, 2.45) is 17.8 Å². The number of carboxylic acids is 1. The summed E-state index contributed by atoms with van der Waals surface area (Å²) in [6.45, 7) is 0.907. The molecule has 3 aliphatic carbocycles. The number of amides is 1. The number of esters is 1. The molecule has 0 bridgehead atoms. The molecule has 15 heteroatoms. The molecular formula is C44H50N4O8S3. The minimum atomic E-state index is -0.936. The van der Waals surface area contributed by atoms with E-state index in [-0.39, 0.29) is 17.4 Å². The summed E-state index contributed by atoms with van der Waals surface area (Å²) in [6, 6.07) is 5.62. The van der Waals surface area contributed by atoms with E-state index in [1.165, 1.54) is 118 Å². The molecule has 1 aliphatic heterocycles. The number of likely N-dealkylation sites (tertiary alicyclic amines) is 1. The van der Waals surface area contributed by atoms with E-state index in [4.69, 9.17) is 18.4 Å². The normalized spacial score (nSPS) is 20.9. The third-order valence-electron chi connectivity index (χ3n) is 11.6. The number of methoxy groups -OCH3 is 1. The van der Waals surface area contributed by atoms with Crippen LogP contribution in [0.15, 0.2) is 85.0 Å². The van der Waals surface area contributed by atoms with Crippen LogP contribution in [0.2, 0.25) is 0 Å². The number of fused-ring (bicyclic) bond motifs is 2. The Morgan fingerprint density at radius 1 is 0.610 bits per heavy atom. The van der Waals surface area contributed by atoms with Gasteiger partial charge in [-0.05, 0) is 61.6 Å². The van der Waals surface area contributed by atoms with Crippen LogP contribution in [0, 0.1) is 17.8 Å². The van der Waals surface area contributed by atoms with Crippen LogP contribution in [0.25, 0.3) is 32.3 Å². The summed E-state index contributed by atoms with van der Waals surface area (Å²) in [5.41, 5.74) is 1.56. The molecule has 12 nitrogen and oxygen atoms in total. The maximum absolute atomic E-state index is 12.9. The number of aromatic carboxylic acids is 1. The molecule has 1 amide bonds. The van der Waals surface area contributed by atoms with E-state index < -0.39 is 5.97 Å². The van der Waals surface area contributed by atoms with E-state index in [2.05, 4.69) is 24.6 Å².